The first-order valence-electron chi connectivity index (χ1n) is 8.94. The van der Waals surface area contributed by atoms with E-state index in [0.29, 0.717) is 5.69 Å². The zero-order valence-corrected chi connectivity index (χ0v) is 15.7. The third kappa shape index (κ3) is 3.69. The second kappa shape index (κ2) is 7.72. The van der Waals surface area contributed by atoms with E-state index in [0.717, 1.165) is 11.1 Å². The molecule has 1 N–H and O–H groups in total. The van der Waals surface area contributed by atoms with Gasteiger partial charge in [0.05, 0.1) is 11.6 Å². The van der Waals surface area contributed by atoms with Crippen LogP contribution in [0.25, 0.3) is 0 Å². The highest BCUT2D eigenvalue weighted by Crippen LogP contribution is 2.33. The van der Waals surface area contributed by atoms with Crippen LogP contribution in [0.1, 0.15) is 40.9 Å². The lowest BCUT2D eigenvalue weighted by Crippen LogP contribution is -2.48. The van der Waals surface area contributed by atoms with E-state index in [1.165, 1.54) is 17.0 Å². The summed E-state index contributed by atoms with van der Waals surface area (Å²) in [5, 5.41) is 20.6. The molecule has 3 rings (SSSR count). The number of rotatable bonds is 5. The number of anilines is 1. The lowest BCUT2D eigenvalue weighted by Gasteiger charge is -2.33. The third-order valence-electron chi connectivity index (χ3n) is 5.20. The molecule has 7 heteroatoms. The van der Waals surface area contributed by atoms with Crippen LogP contribution < -0.4 is 10.0 Å². The number of likely N-dealkylation sites (N-methyl/N-ethyl adjacent to an activating group) is 1. The molecule has 2 aromatic carbocycles. The van der Waals surface area contributed by atoms with Crippen LogP contribution in [0.4, 0.5) is 5.69 Å². The number of carboxylic acid groups (broad SMARTS) is 2. The number of hydrogen-bond acceptors (Lipinski definition) is 5. The molecule has 0 fully saturated rings. The average Bonchev–Trinajstić information content (AvgIpc) is 2.78. The van der Waals surface area contributed by atoms with E-state index in [-0.39, 0.29) is 24.1 Å². The Morgan fingerprint density at radius 2 is 1.89 bits per heavy atom. The summed E-state index contributed by atoms with van der Waals surface area (Å²) in [5.74, 6) is -2.76. The van der Waals surface area contributed by atoms with E-state index in [1.54, 1.807) is 18.0 Å². The van der Waals surface area contributed by atoms with Crippen molar-refractivity contribution in [3.63, 3.8) is 0 Å². The van der Waals surface area contributed by atoms with Crippen LogP contribution >= 0.6 is 0 Å². The number of fused-ring (bicyclic) bond motifs is 1. The van der Waals surface area contributed by atoms with Gasteiger partial charge in [0.2, 0.25) is 5.91 Å². The lowest BCUT2D eigenvalue weighted by molar-refractivity contribution is -0.306. The monoisotopic (exact) mass is 381 g/mol. The number of amides is 1. The van der Waals surface area contributed by atoms with E-state index in [4.69, 9.17) is 0 Å². The second-order valence-corrected chi connectivity index (χ2v) is 6.90. The van der Waals surface area contributed by atoms with Crippen molar-refractivity contribution in [2.24, 2.45) is 0 Å². The molecule has 2 atom stereocenters. The molecule has 146 valence electrons. The molecule has 0 aromatic heterocycles. The molecule has 0 aliphatic carbocycles. The quantitative estimate of drug-likeness (QED) is 0.841. The van der Waals surface area contributed by atoms with Crippen LogP contribution in [0.5, 0.6) is 0 Å². The number of carbonyl (C=O) groups excluding carboxylic acids is 2. The molecule has 28 heavy (non-hydrogen) atoms. The summed E-state index contributed by atoms with van der Waals surface area (Å²) < 4.78 is 0. The summed E-state index contributed by atoms with van der Waals surface area (Å²) in [5.41, 5.74) is 2.29. The van der Waals surface area contributed by atoms with Crippen molar-refractivity contribution >= 4 is 23.5 Å². The summed E-state index contributed by atoms with van der Waals surface area (Å²) >= 11 is 0. The first-order valence-corrected chi connectivity index (χ1v) is 8.94. The molecule has 1 aliphatic rings. The largest absolute Gasteiger partial charge is 0.550 e. The Kier molecular flexibility index (Phi) is 5.35. The molecule has 2 aromatic rings. The average molecular weight is 381 g/mol. The minimum atomic E-state index is -1.34. The molecule has 0 saturated heterocycles. The number of carboxylic acids is 2. The maximum absolute atomic E-state index is 13.3. The minimum absolute atomic E-state index is 0.0785. The predicted molar refractivity (Wildman–Crippen MR) is 101 cm³/mol. The Hall–Kier alpha value is -3.35. The SMILES string of the molecule is CC(c1ccccc1)N1Cc2ccc(C(=O)O)cc2N(C)C(CC(=O)[O-])C1=O. The number of hydrogen-bond donors (Lipinski definition) is 1. The Morgan fingerprint density at radius 1 is 1.21 bits per heavy atom. The van der Waals surface area contributed by atoms with Gasteiger partial charge in [0, 0.05) is 31.7 Å². The second-order valence-electron chi connectivity index (χ2n) is 6.90. The highest BCUT2D eigenvalue weighted by atomic mass is 16.4. The normalized spacial score (nSPS) is 17.6. The van der Waals surface area contributed by atoms with Gasteiger partial charge >= 0.3 is 5.97 Å². The summed E-state index contributed by atoms with van der Waals surface area (Å²) in [6.07, 6.45) is -0.482. The van der Waals surface area contributed by atoms with E-state index in [2.05, 4.69) is 0 Å². The molecular weight excluding hydrogens is 360 g/mol. The van der Waals surface area contributed by atoms with Gasteiger partial charge in [0.1, 0.15) is 6.04 Å². The number of aromatic carboxylic acids is 1. The van der Waals surface area contributed by atoms with Crippen LogP contribution in [0, 0.1) is 0 Å². The van der Waals surface area contributed by atoms with E-state index >= 15 is 0 Å². The van der Waals surface area contributed by atoms with Crippen molar-refractivity contribution in [2.45, 2.75) is 32.0 Å². The maximum Gasteiger partial charge on any atom is 0.335 e. The topological polar surface area (TPSA) is 101 Å². The Morgan fingerprint density at radius 3 is 2.50 bits per heavy atom. The standard InChI is InChI=1S/C21H22N2O5/c1-13(14-6-4-3-5-7-14)23-12-16-9-8-15(21(27)28)10-17(16)22(2)18(20(23)26)11-19(24)25/h3-10,13,18H,11-12H2,1-2H3,(H,24,25)(H,27,28)/p-1. The zero-order chi connectivity index (χ0) is 20.4. The van der Waals surface area contributed by atoms with E-state index < -0.39 is 24.4 Å². The minimum Gasteiger partial charge on any atom is -0.550 e. The van der Waals surface area contributed by atoms with Gasteiger partial charge in [-0.2, -0.15) is 0 Å². The molecule has 2 unspecified atom stereocenters. The molecule has 1 heterocycles. The van der Waals surface area contributed by atoms with Gasteiger partial charge in [-0.3, -0.25) is 4.79 Å². The number of benzene rings is 2. The zero-order valence-electron chi connectivity index (χ0n) is 15.7. The fourth-order valence-electron chi connectivity index (χ4n) is 3.57. The van der Waals surface area contributed by atoms with Crippen molar-refractivity contribution in [3.05, 3.63) is 65.2 Å². The molecule has 1 amide bonds. The van der Waals surface area contributed by atoms with Gasteiger partial charge < -0.3 is 24.8 Å². The molecule has 0 radical (unpaired) electrons. The van der Waals surface area contributed by atoms with Crippen LogP contribution in [-0.4, -0.2) is 40.9 Å². The summed E-state index contributed by atoms with van der Waals surface area (Å²) in [6.45, 7) is 2.14. The predicted octanol–water partition coefficient (Wildman–Crippen LogP) is 1.43. The van der Waals surface area contributed by atoms with Gasteiger partial charge in [-0.15, -0.1) is 0 Å². The molecule has 1 aliphatic heterocycles. The van der Waals surface area contributed by atoms with Crippen LogP contribution in [0.2, 0.25) is 0 Å². The van der Waals surface area contributed by atoms with E-state index in [9.17, 15) is 24.6 Å². The number of carbonyl (C=O) groups is 3. The van der Waals surface area contributed by atoms with E-state index in [1.807, 2.05) is 37.3 Å². The Labute approximate surface area is 162 Å². The van der Waals surface area contributed by atoms with Crippen molar-refractivity contribution in [1.82, 2.24) is 4.90 Å². The summed E-state index contributed by atoms with van der Waals surface area (Å²) in [7, 11) is 1.60. The van der Waals surface area contributed by atoms with Gasteiger partial charge in [-0.1, -0.05) is 36.4 Å². The highest BCUT2D eigenvalue weighted by Gasteiger charge is 2.36. The third-order valence-corrected chi connectivity index (χ3v) is 5.20. The smallest absolute Gasteiger partial charge is 0.335 e. The molecule has 7 nitrogen and oxygen atoms in total. The molecular formula is C21H21N2O5-. The van der Waals surface area contributed by atoms with Gasteiger partial charge in [0.15, 0.2) is 0 Å². The fourth-order valence-corrected chi connectivity index (χ4v) is 3.57. The van der Waals surface area contributed by atoms with Crippen LogP contribution in [0.3, 0.4) is 0 Å². The maximum atomic E-state index is 13.3. The molecule has 0 saturated carbocycles. The van der Waals surface area contributed by atoms with Crippen molar-refractivity contribution in [2.75, 3.05) is 11.9 Å². The number of aliphatic carboxylic acids is 1. The first-order chi connectivity index (χ1) is 13.3. The van der Waals surface area contributed by atoms with Crippen molar-refractivity contribution in [3.8, 4) is 0 Å². The van der Waals surface area contributed by atoms with Crippen LogP contribution in [-0.2, 0) is 16.1 Å². The Balaban J connectivity index is 2.08. The lowest BCUT2D eigenvalue weighted by atomic mass is 10.0. The summed E-state index contributed by atoms with van der Waals surface area (Å²) in [6, 6.07) is 12.8. The van der Waals surface area contributed by atoms with Gasteiger partial charge in [-0.25, -0.2) is 4.79 Å². The summed E-state index contributed by atoms with van der Waals surface area (Å²) in [4.78, 5) is 39.1. The van der Waals surface area contributed by atoms with Crippen molar-refractivity contribution in [1.29, 1.82) is 0 Å². The first kappa shape index (κ1) is 19.4. The molecule has 0 bridgehead atoms. The fraction of sp³-hybridized carbons (Fsp3) is 0.286. The molecule has 0 spiro atoms. The Bertz CT molecular complexity index is 912. The highest BCUT2D eigenvalue weighted by molar-refractivity contribution is 5.93. The van der Waals surface area contributed by atoms with Gasteiger partial charge in [0.25, 0.3) is 0 Å². The number of nitrogens with zero attached hydrogens (tertiary/aromatic N) is 2. The van der Waals surface area contributed by atoms with Gasteiger partial charge in [-0.05, 0) is 30.2 Å². The van der Waals surface area contributed by atoms with Crippen LogP contribution in [0.15, 0.2) is 48.5 Å². The van der Waals surface area contributed by atoms with Crippen molar-refractivity contribution < 1.29 is 24.6 Å².